The van der Waals surface area contributed by atoms with E-state index in [1.165, 1.54) is 6.33 Å². The molecule has 0 spiro atoms. The van der Waals surface area contributed by atoms with Crippen molar-refractivity contribution in [3.05, 3.63) is 10.8 Å². The van der Waals surface area contributed by atoms with Crippen LogP contribution in [0.1, 0.15) is 6.92 Å². The topological polar surface area (TPSA) is 61.3 Å². The van der Waals surface area contributed by atoms with E-state index in [4.69, 9.17) is 5.11 Å². The van der Waals surface area contributed by atoms with E-state index in [9.17, 15) is 0 Å². The van der Waals surface area contributed by atoms with Gasteiger partial charge in [0.15, 0.2) is 0 Å². The average molecular weight is 275 g/mol. The van der Waals surface area contributed by atoms with Gasteiger partial charge in [-0.3, -0.25) is 0 Å². The van der Waals surface area contributed by atoms with Crippen molar-refractivity contribution in [3.8, 4) is 0 Å². The van der Waals surface area contributed by atoms with Gasteiger partial charge in [0, 0.05) is 20.1 Å². The number of aliphatic hydroxyl groups is 1. The number of halogens is 1. The number of hydrogen-bond donors (Lipinski definition) is 2. The van der Waals surface area contributed by atoms with Gasteiger partial charge in [0.1, 0.15) is 22.4 Å². The summed E-state index contributed by atoms with van der Waals surface area (Å²) in [5.41, 5.74) is 0. The highest BCUT2D eigenvalue weighted by atomic mass is 79.9. The number of nitrogens with zero attached hydrogens (tertiary/aromatic N) is 3. The highest BCUT2D eigenvalue weighted by Crippen LogP contribution is 2.28. The number of nitrogens with one attached hydrogen (secondary N) is 1. The lowest BCUT2D eigenvalue weighted by Gasteiger charge is -2.22. The third-order valence-electron chi connectivity index (χ3n) is 2.06. The number of hydrogen-bond acceptors (Lipinski definition) is 5. The van der Waals surface area contributed by atoms with Crippen molar-refractivity contribution >= 4 is 27.6 Å². The molecule has 15 heavy (non-hydrogen) atoms. The van der Waals surface area contributed by atoms with Gasteiger partial charge in [0.05, 0.1) is 6.61 Å². The van der Waals surface area contributed by atoms with Gasteiger partial charge >= 0.3 is 0 Å². The molecule has 0 unspecified atom stereocenters. The van der Waals surface area contributed by atoms with Gasteiger partial charge < -0.3 is 15.3 Å². The SMILES string of the molecule is CCN(CCO)c1ncnc(NC)c1Br. The van der Waals surface area contributed by atoms with Crippen LogP contribution in [0.5, 0.6) is 0 Å². The Bertz CT molecular complexity index is 321. The fourth-order valence-corrected chi connectivity index (χ4v) is 1.94. The van der Waals surface area contributed by atoms with Crippen LogP contribution in [0.15, 0.2) is 10.8 Å². The van der Waals surface area contributed by atoms with Crippen molar-refractivity contribution in [2.45, 2.75) is 6.92 Å². The second-order valence-electron chi connectivity index (χ2n) is 2.91. The van der Waals surface area contributed by atoms with Crippen molar-refractivity contribution in [3.63, 3.8) is 0 Å². The zero-order valence-electron chi connectivity index (χ0n) is 8.87. The van der Waals surface area contributed by atoms with Gasteiger partial charge in [-0.05, 0) is 22.9 Å². The van der Waals surface area contributed by atoms with E-state index < -0.39 is 0 Å². The fourth-order valence-electron chi connectivity index (χ4n) is 1.29. The summed E-state index contributed by atoms with van der Waals surface area (Å²) in [7, 11) is 1.80. The van der Waals surface area contributed by atoms with Crippen molar-refractivity contribution in [2.24, 2.45) is 0 Å². The van der Waals surface area contributed by atoms with Crippen LogP contribution in [-0.2, 0) is 0 Å². The monoisotopic (exact) mass is 274 g/mol. The molecule has 1 aromatic rings. The Morgan fingerprint density at radius 1 is 1.53 bits per heavy atom. The Morgan fingerprint density at radius 3 is 2.80 bits per heavy atom. The van der Waals surface area contributed by atoms with E-state index in [0.29, 0.717) is 6.54 Å². The third-order valence-corrected chi connectivity index (χ3v) is 2.79. The van der Waals surface area contributed by atoms with Crippen LogP contribution in [0.4, 0.5) is 11.6 Å². The molecule has 0 bridgehead atoms. The minimum Gasteiger partial charge on any atom is -0.395 e. The molecule has 5 nitrogen and oxygen atoms in total. The first-order chi connectivity index (χ1) is 7.24. The van der Waals surface area contributed by atoms with Crippen molar-refractivity contribution < 1.29 is 5.11 Å². The van der Waals surface area contributed by atoms with Crippen molar-refractivity contribution in [1.82, 2.24) is 9.97 Å². The molecular weight excluding hydrogens is 260 g/mol. The highest BCUT2D eigenvalue weighted by Gasteiger charge is 2.12. The second-order valence-corrected chi connectivity index (χ2v) is 3.71. The van der Waals surface area contributed by atoms with Crippen LogP contribution in [0.3, 0.4) is 0 Å². The first-order valence-corrected chi connectivity index (χ1v) is 5.57. The number of aliphatic hydroxyl groups excluding tert-OH is 1. The van der Waals surface area contributed by atoms with E-state index in [0.717, 1.165) is 22.7 Å². The minimum absolute atomic E-state index is 0.110. The van der Waals surface area contributed by atoms with E-state index in [2.05, 4.69) is 31.2 Å². The van der Waals surface area contributed by atoms with Gasteiger partial charge in [-0.2, -0.15) is 0 Å². The lowest BCUT2D eigenvalue weighted by Crippen LogP contribution is -2.27. The maximum Gasteiger partial charge on any atom is 0.148 e. The summed E-state index contributed by atoms with van der Waals surface area (Å²) in [5.74, 6) is 1.54. The fraction of sp³-hybridized carbons (Fsp3) is 0.556. The molecule has 1 aromatic heterocycles. The molecule has 0 aromatic carbocycles. The second kappa shape index (κ2) is 5.87. The van der Waals surface area contributed by atoms with Crippen LogP contribution in [0.2, 0.25) is 0 Å². The summed E-state index contributed by atoms with van der Waals surface area (Å²) in [6, 6.07) is 0. The van der Waals surface area contributed by atoms with Crippen LogP contribution >= 0.6 is 15.9 Å². The van der Waals surface area contributed by atoms with Crippen LogP contribution in [0, 0.1) is 0 Å². The Labute approximate surface area is 97.7 Å². The molecule has 1 heterocycles. The number of aromatic nitrogens is 2. The minimum atomic E-state index is 0.110. The van der Waals surface area contributed by atoms with Crippen LogP contribution in [0.25, 0.3) is 0 Å². The van der Waals surface area contributed by atoms with E-state index >= 15 is 0 Å². The van der Waals surface area contributed by atoms with Gasteiger partial charge in [-0.25, -0.2) is 9.97 Å². The molecule has 0 atom stereocenters. The first kappa shape index (κ1) is 12.2. The number of rotatable bonds is 5. The zero-order chi connectivity index (χ0) is 11.3. The molecule has 0 aliphatic rings. The average Bonchev–Trinajstić information content (AvgIpc) is 2.27. The van der Waals surface area contributed by atoms with E-state index in [-0.39, 0.29) is 6.61 Å². The zero-order valence-corrected chi connectivity index (χ0v) is 10.5. The molecule has 6 heteroatoms. The lowest BCUT2D eigenvalue weighted by molar-refractivity contribution is 0.302. The predicted molar refractivity (Wildman–Crippen MR) is 64.3 cm³/mol. The maximum absolute atomic E-state index is 8.93. The Kier molecular flexibility index (Phi) is 4.77. The summed E-state index contributed by atoms with van der Waals surface area (Å²) in [6.45, 7) is 3.48. The standard InChI is InChI=1S/C9H15BrN4O/c1-3-14(4-5-15)9-7(10)8(11-2)12-6-13-9/h6,15H,3-5H2,1-2H3,(H,11,12,13). The first-order valence-electron chi connectivity index (χ1n) is 4.78. The maximum atomic E-state index is 8.93. The molecule has 2 N–H and O–H groups in total. The highest BCUT2D eigenvalue weighted by molar-refractivity contribution is 9.10. The summed E-state index contributed by atoms with van der Waals surface area (Å²) < 4.78 is 0.822. The summed E-state index contributed by atoms with van der Waals surface area (Å²) >= 11 is 3.44. The molecule has 0 saturated heterocycles. The van der Waals surface area contributed by atoms with E-state index in [1.807, 2.05) is 11.8 Å². The summed E-state index contributed by atoms with van der Waals surface area (Å²) in [4.78, 5) is 10.2. The van der Waals surface area contributed by atoms with Crippen molar-refractivity contribution in [2.75, 3.05) is 37.0 Å². The van der Waals surface area contributed by atoms with Gasteiger partial charge in [0.25, 0.3) is 0 Å². The van der Waals surface area contributed by atoms with Gasteiger partial charge in [-0.1, -0.05) is 0 Å². The molecule has 1 rings (SSSR count). The quantitative estimate of drug-likeness (QED) is 0.842. The molecule has 0 aliphatic heterocycles. The summed E-state index contributed by atoms with van der Waals surface area (Å²) in [5, 5.41) is 11.9. The Balaban J connectivity index is 3.01. The smallest absolute Gasteiger partial charge is 0.148 e. The summed E-state index contributed by atoms with van der Waals surface area (Å²) in [6.07, 6.45) is 1.51. The van der Waals surface area contributed by atoms with E-state index in [1.54, 1.807) is 7.05 Å². The normalized spacial score (nSPS) is 10.1. The number of anilines is 2. The molecule has 84 valence electrons. The molecule has 0 fully saturated rings. The van der Waals surface area contributed by atoms with Gasteiger partial charge in [-0.15, -0.1) is 0 Å². The number of likely N-dealkylation sites (N-methyl/N-ethyl adjacent to an activating group) is 1. The Hall–Kier alpha value is -0.880. The molecule has 0 aliphatic carbocycles. The lowest BCUT2D eigenvalue weighted by atomic mass is 10.4. The molecule has 0 radical (unpaired) electrons. The molecule has 0 saturated carbocycles. The Morgan fingerprint density at radius 2 is 2.27 bits per heavy atom. The molecular formula is C9H15BrN4O. The van der Waals surface area contributed by atoms with Crippen LogP contribution in [-0.4, -0.2) is 41.8 Å². The van der Waals surface area contributed by atoms with Gasteiger partial charge in [0.2, 0.25) is 0 Å². The van der Waals surface area contributed by atoms with Crippen LogP contribution < -0.4 is 10.2 Å². The predicted octanol–water partition coefficient (Wildman–Crippen LogP) is 1.10. The third kappa shape index (κ3) is 2.79. The molecule has 0 amide bonds. The van der Waals surface area contributed by atoms with Crippen molar-refractivity contribution in [1.29, 1.82) is 0 Å². The largest absolute Gasteiger partial charge is 0.395 e.